The van der Waals surface area contributed by atoms with E-state index in [0.29, 0.717) is 24.7 Å². The molecule has 0 saturated carbocycles. The van der Waals surface area contributed by atoms with Crippen LogP contribution in [-0.2, 0) is 18.3 Å². The summed E-state index contributed by atoms with van der Waals surface area (Å²) < 4.78 is 20.7. The van der Waals surface area contributed by atoms with Crippen LogP contribution in [0.3, 0.4) is 0 Å². The summed E-state index contributed by atoms with van der Waals surface area (Å²) in [4.78, 5) is 2.22. The molecule has 1 aliphatic heterocycles. The summed E-state index contributed by atoms with van der Waals surface area (Å²) in [5, 5.41) is 8.43. The molecule has 0 amide bonds. The van der Waals surface area contributed by atoms with E-state index >= 15 is 0 Å². The highest BCUT2D eigenvalue weighted by Crippen LogP contribution is 2.24. The van der Waals surface area contributed by atoms with Gasteiger partial charge in [0.25, 0.3) is 0 Å². The van der Waals surface area contributed by atoms with Crippen molar-refractivity contribution in [2.75, 3.05) is 19.7 Å². The quantitative estimate of drug-likeness (QED) is 0.871. The van der Waals surface area contributed by atoms with Crippen LogP contribution in [0.1, 0.15) is 17.5 Å². The second-order valence-electron chi connectivity index (χ2n) is 5.13. The predicted octanol–water partition coefficient (Wildman–Crippen LogP) is 2.18. The molecule has 1 aromatic carbocycles. The number of morpholine rings is 1. The molecule has 7 heteroatoms. The maximum atomic E-state index is 13.1. The van der Waals surface area contributed by atoms with E-state index in [1.807, 2.05) is 11.6 Å². The molecule has 1 aromatic heterocycles. The lowest BCUT2D eigenvalue weighted by molar-refractivity contribution is -0.0385. The van der Waals surface area contributed by atoms with Gasteiger partial charge in [-0.2, -0.15) is 0 Å². The number of halogens is 2. The van der Waals surface area contributed by atoms with Crippen LogP contribution in [0.5, 0.6) is 0 Å². The van der Waals surface area contributed by atoms with Crippen LogP contribution in [0, 0.1) is 5.82 Å². The first kappa shape index (κ1) is 14.4. The second kappa shape index (κ2) is 6.09. The van der Waals surface area contributed by atoms with Gasteiger partial charge in [0.2, 0.25) is 0 Å². The van der Waals surface area contributed by atoms with Gasteiger partial charge < -0.3 is 9.30 Å². The van der Waals surface area contributed by atoms with Crippen LogP contribution in [0.25, 0.3) is 0 Å². The average molecular weight is 311 g/mol. The van der Waals surface area contributed by atoms with Crippen molar-refractivity contribution in [1.29, 1.82) is 0 Å². The van der Waals surface area contributed by atoms with Gasteiger partial charge in [-0.05, 0) is 17.7 Å². The highest BCUT2D eigenvalue weighted by atomic mass is 35.5. The molecule has 2 aromatic rings. The molecule has 0 aliphatic carbocycles. The van der Waals surface area contributed by atoms with E-state index in [1.54, 1.807) is 12.4 Å². The highest BCUT2D eigenvalue weighted by Gasteiger charge is 2.25. The molecule has 2 heterocycles. The molecule has 0 bridgehead atoms. The molecule has 1 fully saturated rings. The molecule has 1 aliphatic rings. The Morgan fingerprint density at radius 3 is 3.05 bits per heavy atom. The van der Waals surface area contributed by atoms with Crippen LogP contribution in [0.2, 0.25) is 5.02 Å². The lowest BCUT2D eigenvalue weighted by Gasteiger charge is -2.32. The van der Waals surface area contributed by atoms with E-state index in [1.165, 1.54) is 12.1 Å². The minimum atomic E-state index is -0.317. The summed E-state index contributed by atoms with van der Waals surface area (Å²) in [6.07, 6.45) is 1.56. The number of hydrogen-bond acceptors (Lipinski definition) is 4. The van der Waals surface area contributed by atoms with Gasteiger partial charge in [0.1, 0.15) is 18.2 Å². The first-order valence-corrected chi connectivity index (χ1v) is 7.13. The van der Waals surface area contributed by atoms with Gasteiger partial charge in [-0.15, -0.1) is 10.2 Å². The van der Waals surface area contributed by atoms with Gasteiger partial charge in [-0.1, -0.05) is 17.7 Å². The van der Waals surface area contributed by atoms with Gasteiger partial charge in [0.15, 0.2) is 5.82 Å². The summed E-state index contributed by atoms with van der Waals surface area (Å²) in [6, 6.07) is 4.50. The summed E-state index contributed by atoms with van der Waals surface area (Å²) >= 11 is 6.09. The van der Waals surface area contributed by atoms with Gasteiger partial charge in [-0.25, -0.2) is 4.39 Å². The van der Waals surface area contributed by atoms with Crippen LogP contribution < -0.4 is 0 Å². The lowest BCUT2D eigenvalue weighted by Crippen LogP contribution is -2.38. The van der Waals surface area contributed by atoms with Crippen molar-refractivity contribution in [3.05, 3.63) is 46.8 Å². The standard InChI is InChI=1S/C14H16ClFN4O/c1-19-9-17-18-14(19)13-8-20(4-5-21-13)7-10-2-3-11(16)6-12(10)15/h2-3,6,9,13H,4-5,7-8H2,1H3. The lowest BCUT2D eigenvalue weighted by atomic mass is 10.1. The zero-order valence-electron chi connectivity index (χ0n) is 11.7. The van der Waals surface area contributed by atoms with E-state index in [4.69, 9.17) is 16.3 Å². The van der Waals surface area contributed by atoms with Crippen molar-refractivity contribution in [3.8, 4) is 0 Å². The number of aromatic nitrogens is 3. The van der Waals surface area contributed by atoms with Crippen LogP contribution in [-0.4, -0.2) is 39.4 Å². The van der Waals surface area contributed by atoms with Crippen molar-refractivity contribution < 1.29 is 9.13 Å². The normalized spacial score (nSPS) is 19.9. The SMILES string of the molecule is Cn1cnnc1C1CN(Cc2ccc(F)cc2Cl)CCO1. The molecule has 1 unspecified atom stereocenters. The van der Waals surface area contributed by atoms with Gasteiger partial charge >= 0.3 is 0 Å². The Bertz CT molecular complexity index is 633. The van der Waals surface area contributed by atoms with Gasteiger partial charge in [0, 0.05) is 31.7 Å². The third-order valence-corrected chi connectivity index (χ3v) is 3.95. The second-order valence-corrected chi connectivity index (χ2v) is 5.54. The Hall–Kier alpha value is -1.50. The van der Waals surface area contributed by atoms with E-state index in [2.05, 4.69) is 15.1 Å². The number of ether oxygens (including phenoxy) is 1. The monoisotopic (exact) mass is 310 g/mol. The van der Waals surface area contributed by atoms with Crippen molar-refractivity contribution in [3.63, 3.8) is 0 Å². The molecule has 21 heavy (non-hydrogen) atoms. The average Bonchev–Trinajstić information content (AvgIpc) is 2.89. The molecule has 0 N–H and O–H groups in total. The summed E-state index contributed by atoms with van der Waals surface area (Å²) in [7, 11) is 1.90. The molecular weight excluding hydrogens is 295 g/mol. The largest absolute Gasteiger partial charge is 0.368 e. The maximum Gasteiger partial charge on any atom is 0.163 e. The molecule has 1 atom stereocenters. The Morgan fingerprint density at radius 2 is 2.33 bits per heavy atom. The van der Waals surface area contributed by atoms with Crippen LogP contribution >= 0.6 is 11.6 Å². The third-order valence-electron chi connectivity index (χ3n) is 3.59. The van der Waals surface area contributed by atoms with E-state index in [9.17, 15) is 4.39 Å². The van der Waals surface area contributed by atoms with Crippen molar-refractivity contribution >= 4 is 11.6 Å². The molecule has 0 radical (unpaired) electrons. The maximum absolute atomic E-state index is 13.1. The Labute approximate surface area is 127 Å². The summed E-state index contributed by atoms with van der Waals surface area (Å²) in [5.74, 6) is 0.493. The van der Waals surface area contributed by atoms with Crippen LogP contribution in [0.15, 0.2) is 24.5 Å². The van der Waals surface area contributed by atoms with E-state index < -0.39 is 0 Å². The number of rotatable bonds is 3. The fourth-order valence-electron chi connectivity index (χ4n) is 2.48. The Balaban J connectivity index is 1.70. The number of aryl methyl sites for hydroxylation is 1. The minimum absolute atomic E-state index is 0.106. The zero-order chi connectivity index (χ0) is 14.8. The predicted molar refractivity (Wildman–Crippen MR) is 76.4 cm³/mol. The Kier molecular flexibility index (Phi) is 4.19. The fourth-order valence-corrected chi connectivity index (χ4v) is 2.70. The van der Waals surface area contributed by atoms with Crippen LogP contribution in [0.4, 0.5) is 4.39 Å². The van der Waals surface area contributed by atoms with Crippen molar-refractivity contribution in [2.24, 2.45) is 7.05 Å². The minimum Gasteiger partial charge on any atom is -0.368 e. The van der Waals surface area contributed by atoms with Gasteiger partial charge in [0.05, 0.1) is 6.61 Å². The third kappa shape index (κ3) is 3.23. The van der Waals surface area contributed by atoms with E-state index in [0.717, 1.165) is 17.9 Å². The van der Waals surface area contributed by atoms with Gasteiger partial charge in [-0.3, -0.25) is 4.90 Å². The molecule has 0 spiro atoms. The fraction of sp³-hybridized carbons (Fsp3) is 0.429. The smallest absolute Gasteiger partial charge is 0.163 e. The topological polar surface area (TPSA) is 43.2 Å². The van der Waals surface area contributed by atoms with Crippen molar-refractivity contribution in [1.82, 2.24) is 19.7 Å². The highest BCUT2D eigenvalue weighted by molar-refractivity contribution is 6.31. The first-order chi connectivity index (χ1) is 10.1. The molecule has 3 rings (SSSR count). The summed E-state index contributed by atoms with van der Waals surface area (Å²) in [6.45, 7) is 2.80. The molecule has 5 nitrogen and oxygen atoms in total. The molecule has 112 valence electrons. The molecular formula is C14H16ClFN4O. The summed E-state index contributed by atoms with van der Waals surface area (Å²) in [5.41, 5.74) is 0.914. The number of hydrogen-bond donors (Lipinski definition) is 0. The first-order valence-electron chi connectivity index (χ1n) is 6.75. The number of nitrogens with zero attached hydrogens (tertiary/aromatic N) is 4. The zero-order valence-corrected chi connectivity index (χ0v) is 12.4. The molecule has 1 saturated heterocycles. The van der Waals surface area contributed by atoms with Crippen molar-refractivity contribution in [2.45, 2.75) is 12.6 Å². The number of benzene rings is 1. The van der Waals surface area contributed by atoms with E-state index in [-0.39, 0.29) is 11.9 Å². The Morgan fingerprint density at radius 1 is 1.48 bits per heavy atom.